The number of benzene rings is 1. The van der Waals surface area contributed by atoms with Gasteiger partial charge in [-0.2, -0.15) is 0 Å². The van der Waals surface area contributed by atoms with Crippen molar-refractivity contribution >= 4 is 23.1 Å². The number of nitrogens with zero attached hydrogens (tertiary/aromatic N) is 2. The zero-order chi connectivity index (χ0) is 13.1. The number of aryl methyl sites for hydroxylation is 1. The summed E-state index contributed by atoms with van der Waals surface area (Å²) in [5.74, 6) is 1.44. The summed E-state index contributed by atoms with van der Waals surface area (Å²) in [7, 11) is 0. The Morgan fingerprint density at radius 2 is 2.16 bits per heavy atom. The van der Waals surface area contributed by atoms with Gasteiger partial charge >= 0.3 is 0 Å². The maximum Gasteiger partial charge on any atom is 0.277 e. The van der Waals surface area contributed by atoms with Crippen LogP contribution in [0, 0.1) is 6.92 Å². The summed E-state index contributed by atoms with van der Waals surface area (Å²) in [4.78, 5) is 1.01. The van der Waals surface area contributed by atoms with Gasteiger partial charge in [0.2, 0.25) is 0 Å². The van der Waals surface area contributed by atoms with E-state index in [1.54, 1.807) is 23.1 Å². The van der Waals surface area contributed by atoms with Gasteiger partial charge in [-0.15, -0.1) is 21.5 Å². The number of hydrogen-bond acceptors (Lipinski definition) is 5. The first kappa shape index (κ1) is 12.4. The topological polar surface area (TPSA) is 38.9 Å². The third-order valence-corrected chi connectivity index (χ3v) is 4.33. The van der Waals surface area contributed by atoms with Crippen LogP contribution in [0.25, 0.3) is 10.8 Å². The first-order chi connectivity index (χ1) is 9.31. The first-order valence-electron chi connectivity index (χ1n) is 5.87. The van der Waals surface area contributed by atoms with Crippen molar-refractivity contribution in [1.29, 1.82) is 0 Å². The fourth-order valence-corrected chi connectivity index (χ4v) is 3.07. The number of hydrogen-bond donors (Lipinski definition) is 0. The van der Waals surface area contributed by atoms with Crippen molar-refractivity contribution in [3.05, 3.63) is 52.9 Å². The molecule has 3 rings (SSSR count). The molecule has 3 nitrogen and oxygen atoms in total. The van der Waals surface area contributed by atoms with Crippen molar-refractivity contribution in [3.63, 3.8) is 0 Å². The van der Waals surface area contributed by atoms with E-state index in [9.17, 15) is 0 Å². The monoisotopic (exact) mass is 288 g/mol. The van der Waals surface area contributed by atoms with Crippen LogP contribution < -0.4 is 0 Å². The van der Waals surface area contributed by atoms with Crippen molar-refractivity contribution in [2.24, 2.45) is 0 Å². The molecule has 0 spiro atoms. The van der Waals surface area contributed by atoms with Gasteiger partial charge in [0.05, 0.1) is 4.88 Å². The molecule has 0 aliphatic heterocycles. The van der Waals surface area contributed by atoms with Crippen LogP contribution >= 0.6 is 23.1 Å². The van der Waals surface area contributed by atoms with E-state index in [1.807, 2.05) is 17.5 Å². The zero-order valence-corrected chi connectivity index (χ0v) is 12.0. The smallest absolute Gasteiger partial charge is 0.277 e. The van der Waals surface area contributed by atoms with Gasteiger partial charge in [-0.25, -0.2) is 0 Å². The Balaban J connectivity index is 1.68. The molecule has 2 heterocycles. The molecule has 0 saturated heterocycles. The second kappa shape index (κ2) is 5.59. The van der Waals surface area contributed by atoms with Crippen LogP contribution in [0.2, 0.25) is 0 Å². The van der Waals surface area contributed by atoms with Crippen LogP contribution in [0.5, 0.6) is 0 Å². The highest BCUT2D eigenvalue weighted by molar-refractivity contribution is 7.98. The van der Waals surface area contributed by atoms with E-state index >= 15 is 0 Å². The van der Waals surface area contributed by atoms with Crippen LogP contribution in [0.15, 0.2) is 51.4 Å². The molecule has 19 heavy (non-hydrogen) atoms. The van der Waals surface area contributed by atoms with Crippen LogP contribution in [0.4, 0.5) is 0 Å². The molecule has 3 aromatic rings. The Hall–Kier alpha value is -1.59. The minimum Gasteiger partial charge on any atom is -0.410 e. The van der Waals surface area contributed by atoms with E-state index in [0.29, 0.717) is 11.1 Å². The maximum absolute atomic E-state index is 5.63. The number of aromatic nitrogens is 2. The predicted molar refractivity (Wildman–Crippen MR) is 78.4 cm³/mol. The summed E-state index contributed by atoms with van der Waals surface area (Å²) >= 11 is 3.16. The first-order valence-corrected chi connectivity index (χ1v) is 7.73. The molecule has 96 valence electrons. The molecular formula is C14H12N2OS2. The molecule has 0 saturated carbocycles. The minimum atomic E-state index is 0.599. The second-order valence-electron chi connectivity index (χ2n) is 4.13. The van der Waals surface area contributed by atoms with Gasteiger partial charge < -0.3 is 4.42 Å². The highest BCUT2D eigenvalue weighted by atomic mass is 32.2. The van der Waals surface area contributed by atoms with Gasteiger partial charge in [0.25, 0.3) is 11.1 Å². The molecule has 2 aromatic heterocycles. The molecular weight excluding hydrogens is 276 g/mol. The van der Waals surface area contributed by atoms with Crippen LogP contribution in [-0.2, 0) is 5.75 Å². The molecule has 0 radical (unpaired) electrons. The SMILES string of the molecule is Cc1cccc(CSc2nnc(-c3cccs3)o2)c1. The normalized spacial score (nSPS) is 10.8. The van der Waals surface area contributed by atoms with Crippen LogP contribution in [0.1, 0.15) is 11.1 Å². The molecule has 0 bridgehead atoms. The number of rotatable bonds is 4. The average molecular weight is 288 g/mol. The Kier molecular flexibility index (Phi) is 3.66. The summed E-state index contributed by atoms with van der Waals surface area (Å²) in [6, 6.07) is 12.4. The van der Waals surface area contributed by atoms with Crippen molar-refractivity contribution in [2.45, 2.75) is 17.9 Å². The summed E-state index contributed by atoms with van der Waals surface area (Å²) in [6.07, 6.45) is 0. The summed E-state index contributed by atoms with van der Waals surface area (Å²) in [5.41, 5.74) is 2.53. The predicted octanol–water partition coefficient (Wildman–Crippen LogP) is 4.40. The summed E-state index contributed by atoms with van der Waals surface area (Å²) in [6.45, 7) is 2.09. The highest BCUT2D eigenvalue weighted by Gasteiger charge is 2.09. The number of thiophene rings is 1. The van der Waals surface area contributed by atoms with E-state index in [1.165, 1.54) is 11.1 Å². The van der Waals surface area contributed by atoms with Gasteiger partial charge in [0.15, 0.2) is 0 Å². The molecule has 0 unspecified atom stereocenters. The van der Waals surface area contributed by atoms with Crippen LogP contribution in [0.3, 0.4) is 0 Å². The summed E-state index contributed by atoms with van der Waals surface area (Å²) in [5, 5.41) is 10.7. The van der Waals surface area contributed by atoms with E-state index in [4.69, 9.17) is 4.42 Å². The zero-order valence-electron chi connectivity index (χ0n) is 10.4. The molecule has 0 amide bonds. The van der Waals surface area contributed by atoms with Crippen molar-refractivity contribution in [2.75, 3.05) is 0 Å². The lowest BCUT2D eigenvalue weighted by Gasteiger charge is -1.99. The van der Waals surface area contributed by atoms with E-state index in [0.717, 1.165) is 10.6 Å². The Labute approximate surface area is 119 Å². The number of thioether (sulfide) groups is 1. The van der Waals surface area contributed by atoms with E-state index < -0.39 is 0 Å². The third kappa shape index (κ3) is 3.05. The van der Waals surface area contributed by atoms with Crippen molar-refractivity contribution < 1.29 is 4.42 Å². The Morgan fingerprint density at radius 1 is 1.21 bits per heavy atom. The molecule has 1 aromatic carbocycles. The molecule has 0 aliphatic rings. The standard InChI is InChI=1S/C14H12N2OS2/c1-10-4-2-5-11(8-10)9-19-14-16-15-13(17-14)12-6-3-7-18-12/h2-8H,9H2,1H3. The summed E-state index contributed by atoms with van der Waals surface area (Å²) < 4.78 is 5.63. The Morgan fingerprint density at radius 3 is 2.95 bits per heavy atom. The third-order valence-electron chi connectivity index (χ3n) is 2.58. The lowest BCUT2D eigenvalue weighted by molar-refractivity contribution is 0.466. The Bertz CT molecular complexity index is 662. The van der Waals surface area contributed by atoms with Gasteiger partial charge in [0, 0.05) is 5.75 Å². The lowest BCUT2D eigenvalue weighted by atomic mass is 10.2. The van der Waals surface area contributed by atoms with Crippen LogP contribution in [-0.4, -0.2) is 10.2 Å². The minimum absolute atomic E-state index is 0.599. The average Bonchev–Trinajstić information content (AvgIpc) is 3.07. The maximum atomic E-state index is 5.63. The fourth-order valence-electron chi connectivity index (χ4n) is 1.71. The molecule has 0 fully saturated rings. The fraction of sp³-hybridized carbons (Fsp3) is 0.143. The second-order valence-corrected chi connectivity index (χ2v) is 6.00. The molecule has 5 heteroatoms. The van der Waals surface area contributed by atoms with Gasteiger partial charge in [-0.1, -0.05) is 47.7 Å². The highest BCUT2D eigenvalue weighted by Crippen LogP contribution is 2.28. The van der Waals surface area contributed by atoms with Gasteiger partial charge in [-0.05, 0) is 23.9 Å². The van der Waals surface area contributed by atoms with E-state index in [2.05, 4.69) is 41.4 Å². The molecule has 0 atom stereocenters. The van der Waals surface area contributed by atoms with Gasteiger partial charge in [0.1, 0.15) is 0 Å². The molecule has 0 N–H and O–H groups in total. The lowest BCUT2D eigenvalue weighted by Crippen LogP contribution is -1.81. The quantitative estimate of drug-likeness (QED) is 0.667. The van der Waals surface area contributed by atoms with Crippen molar-refractivity contribution in [1.82, 2.24) is 10.2 Å². The van der Waals surface area contributed by atoms with Gasteiger partial charge in [-0.3, -0.25) is 0 Å². The van der Waals surface area contributed by atoms with E-state index in [-0.39, 0.29) is 0 Å². The molecule has 0 aliphatic carbocycles. The van der Waals surface area contributed by atoms with Crippen molar-refractivity contribution in [3.8, 4) is 10.8 Å². The largest absolute Gasteiger partial charge is 0.410 e.